The molecule has 2 aliphatic rings. The molecule has 0 bridgehead atoms. The number of hydrogen-bond acceptors (Lipinski definition) is 1. The monoisotopic (exact) mass is 168 g/mol. The molecule has 0 saturated carbocycles. The van der Waals surface area contributed by atoms with Gasteiger partial charge in [0.15, 0.2) is 0 Å². The van der Waals surface area contributed by atoms with Crippen molar-refractivity contribution in [2.75, 3.05) is 11.4 Å². The van der Waals surface area contributed by atoms with Crippen molar-refractivity contribution in [1.29, 1.82) is 0 Å². The van der Waals surface area contributed by atoms with Crippen LogP contribution in [-0.2, 0) is 6.42 Å². The van der Waals surface area contributed by atoms with Gasteiger partial charge in [-0.05, 0) is 17.5 Å². The van der Waals surface area contributed by atoms with Gasteiger partial charge in [-0.25, -0.2) is 0 Å². The Labute approximate surface area is 78.0 Å². The van der Waals surface area contributed by atoms with Gasteiger partial charge in [-0.3, -0.25) is 0 Å². The highest BCUT2D eigenvalue weighted by molar-refractivity contribution is 5.75. The van der Waals surface area contributed by atoms with E-state index in [1.54, 1.807) is 0 Å². The summed E-state index contributed by atoms with van der Waals surface area (Å²) in [5.41, 5.74) is 4.09. The molecule has 1 radical (unpaired) electrons. The average molecular weight is 168 g/mol. The lowest BCUT2D eigenvalue weighted by Gasteiger charge is -2.29. The number of rotatable bonds is 0. The van der Waals surface area contributed by atoms with E-state index in [1.807, 2.05) is 0 Å². The van der Waals surface area contributed by atoms with Crippen LogP contribution in [0.2, 0.25) is 0 Å². The van der Waals surface area contributed by atoms with E-state index in [0.717, 1.165) is 13.0 Å². The predicted molar refractivity (Wildman–Crippen MR) is 54.3 cm³/mol. The molecule has 0 N–H and O–H groups in total. The second-order valence-electron chi connectivity index (χ2n) is 3.41. The topological polar surface area (TPSA) is 3.24 Å². The molecular weight excluding hydrogens is 158 g/mol. The molecule has 2 heterocycles. The van der Waals surface area contributed by atoms with Crippen molar-refractivity contribution < 1.29 is 0 Å². The zero-order valence-corrected chi connectivity index (χ0v) is 7.33. The highest BCUT2D eigenvalue weighted by Gasteiger charge is 2.17. The van der Waals surface area contributed by atoms with E-state index in [9.17, 15) is 0 Å². The van der Waals surface area contributed by atoms with Gasteiger partial charge in [0.2, 0.25) is 0 Å². The van der Waals surface area contributed by atoms with Crippen molar-refractivity contribution in [3.8, 4) is 0 Å². The first-order chi connectivity index (χ1) is 6.45. The zero-order chi connectivity index (χ0) is 8.67. The van der Waals surface area contributed by atoms with Gasteiger partial charge >= 0.3 is 0 Å². The van der Waals surface area contributed by atoms with Crippen molar-refractivity contribution in [1.82, 2.24) is 0 Å². The molecule has 1 aromatic rings. The van der Waals surface area contributed by atoms with Crippen molar-refractivity contribution in [2.24, 2.45) is 0 Å². The molecule has 1 aromatic carbocycles. The molecule has 0 spiro atoms. The van der Waals surface area contributed by atoms with Crippen LogP contribution in [0.15, 0.2) is 30.4 Å². The van der Waals surface area contributed by atoms with Crippen molar-refractivity contribution in [3.63, 3.8) is 0 Å². The number of para-hydroxylation sites is 1. The van der Waals surface area contributed by atoms with Crippen LogP contribution in [0.1, 0.15) is 11.1 Å². The molecule has 0 atom stereocenters. The van der Waals surface area contributed by atoms with Crippen LogP contribution in [-0.4, -0.2) is 6.54 Å². The van der Waals surface area contributed by atoms with Crippen molar-refractivity contribution >= 4 is 11.8 Å². The molecule has 1 nitrogen and oxygen atoms in total. The van der Waals surface area contributed by atoms with E-state index in [4.69, 9.17) is 0 Å². The van der Waals surface area contributed by atoms with Gasteiger partial charge in [-0.1, -0.05) is 36.4 Å². The minimum absolute atomic E-state index is 0.959. The lowest BCUT2D eigenvalue weighted by atomic mass is 9.98. The molecule has 0 aliphatic carbocycles. The second-order valence-corrected chi connectivity index (χ2v) is 3.41. The Hall–Kier alpha value is -1.50. The fraction of sp³-hybridized carbons (Fsp3) is 0.167. The van der Waals surface area contributed by atoms with Crippen molar-refractivity contribution in [3.05, 3.63) is 47.7 Å². The van der Waals surface area contributed by atoms with Crippen LogP contribution in [0.3, 0.4) is 0 Å². The summed E-state index contributed by atoms with van der Waals surface area (Å²) in [5.74, 6) is 0. The summed E-state index contributed by atoms with van der Waals surface area (Å²) in [6.45, 7) is 0.959. The summed E-state index contributed by atoms with van der Waals surface area (Å²) in [4.78, 5) is 2.19. The maximum Gasteiger partial charge on any atom is 0.0615 e. The Morgan fingerprint density at radius 1 is 1.31 bits per heavy atom. The largest absolute Gasteiger partial charge is 0.335 e. The van der Waals surface area contributed by atoms with E-state index in [2.05, 4.69) is 47.5 Å². The first-order valence-electron chi connectivity index (χ1n) is 4.59. The summed E-state index contributed by atoms with van der Waals surface area (Å²) in [6.07, 6.45) is 10.8. The first kappa shape index (κ1) is 6.96. The zero-order valence-electron chi connectivity index (χ0n) is 7.33. The molecule has 0 fully saturated rings. The van der Waals surface area contributed by atoms with Crippen LogP contribution in [0.25, 0.3) is 6.08 Å². The van der Waals surface area contributed by atoms with Gasteiger partial charge in [0.25, 0.3) is 0 Å². The summed E-state index contributed by atoms with van der Waals surface area (Å²) < 4.78 is 0. The van der Waals surface area contributed by atoms with Crippen molar-refractivity contribution in [2.45, 2.75) is 6.42 Å². The Morgan fingerprint density at radius 3 is 3.31 bits per heavy atom. The molecular formula is C12H10N. The minimum atomic E-state index is 0.959. The molecule has 63 valence electrons. The highest BCUT2D eigenvalue weighted by Crippen LogP contribution is 2.32. The predicted octanol–water partition coefficient (Wildman–Crippen LogP) is 2.39. The molecule has 3 rings (SSSR count). The fourth-order valence-electron chi connectivity index (χ4n) is 2.00. The quantitative estimate of drug-likeness (QED) is 0.575. The van der Waals surface area contributed by atoms with Gasteiger partial charge in [-0.2, -0.15) is 0 Å². The van der Waals surface area contributed by atoms with Crippen LogP contribution in [0.5, 0.6) is 0 Å². The molecule has 0 aromatic heterocycles. The number of hydrogen-bond donors (Lipinski definition) is 0. The van der Waals surface area contributed by atoms with E-state index < -0.39 is 0 Å². The molecule has 13 heavy (non-hydrogen) atoms. The first-order valence-corrected chi connectivity index (χ1v) is 4.59. The fourth-order valence-corrected chi connectivity index (χ4v) is 2.00. The number of anilines is 1. The maximum atomic E-state index is 3.27. The molecule has 0 saturated heterocycles. The third-order valence-electron chi connectivity index (χ3n) is 2.58. The Bertz CT molecular complexity index is 402. The van der Waals surface area contributed by atoms with Crippen LogP contribution < -0.4 is 4.90 Å². The van der Waals surface area contributed by atoms with Crippen LogP contribution in [0, 0.1) is 6.20 Å². The smallest absolute Gasteiger partial charge is 0.0615 e. The summed E-state index contributed by atoms with van der Waals surface area (Å²) in [6, 6.07) is 6.48. The third-order valence-corrected chi connectivity index (χ3v) is 2.58. The number of allylic oxidation sites excluding steroid dienone is 1. The van der Waals surface area contributed by atoms with Crippen LogP contribution in [0.4, 0.5) is 5.69 Å². The molecule has 1 heteroatoms. The van der Waals surface area contributed by atoms with E-state index in [0.29, 0.717) is 0 Å². The minimum Gasteiger partial charge on any atom is -0.335 e. The van der Waals surface area contributed by atoms with E-state index in [1.165, 1.54) is 16.8 Å². The summed E-state index contributed by atoms with van der Waals surface area (Å²) in [5, 5.41) is 0. The normalized spacial score (nSPS) is 17.4. The summed E-state index contributed by atoms with van der Waals surface area (Å²) >= 11 is 0. The SMILES string of the molecule is [C]1=CCc2cccc3c2N1CC=C3. The molecule has 0 amide bonds. The Balaban J connectivity index is 2.29. The van der Waals surface area contributed by atoms with Gasteiger partial charge in [-0.15, -0.1) is 0 Å². The molecule has 2 aliphatic heterocycles. The Morgan fingerprint density at radius 2 is 2.31 bits per heavy atom. The van der Waals surface area contributed by atoms with Crippen LogP contribution >= 0.6 is 0 Å². The van der Waals surface area contributed by atoms with Gasteiger partial charge in [0.05, 0.1) is 11.9 Å². The lowest BCUT2D eigenvalue weighted by Crippen LogP contribution is -2.23. The van der Waals surface area contributed by atoms with E-state index >= 15 is 0 Å². The Kier molecular flexibility index (Phi) is 1.33. The lowest BCUT2D eigenvalue weighted by molar-refractivity contribution is 0.987. The third kappa shape index (κ3) is 0.934. The highest BCUT2D eigenvalue weighted by atomic mass is 15.1. The molecule has 0 unspecified atom stereocenters. The van der Waals surface area contributed by atoms with Gasteiger partial charge in [0, 0.05) is 6.54 Å². The summed E-state index contributed by atoms with van der Waals surface area (Å²) in [7, 11) is 0. The number of nitrogens with zero attached hydrogens (tertiary/aromatic N) is 1. The van der Waals surface area contributed by atoms with E-state index in [-0.39, 0.29) is 0 Å². The second kappa shape index (κ2) is 2.49. The average Bonchev–Trinajstić information content (AvgIpc) is 2.19. The standard InChI is InChI=1S/C12H10N/c1-4-10-6-2-8-13-9-3-7-11(5-1)12(10)13/h1-6H,7-8H2. The van der Waals surface area contributed by atoms with Gasteiger partial charge in [0.1, 0.15) is 0 Å². The van der Waals surface area contributed by atoms with Gasteiger partial charge < -0.3 is 4.90 Å². The maximum absolute atomic E-state index is 3.27. The number of benzene rings is 1.